The van der Waals surface area contributed by atoms with Gasteiger partial charge in [-0.05, 0) is 67.1 Å². The zero-order valence-corrected chi connectivity index (χ0v) is 17.4. The average molecular weight is 395 g/mol. The predicted molar refractivity (Wildman–Crippen MR) is 111 cm³/mol. The van der Waals surface area contributed by atoms with Crippen molar-refractivity contribution < 1.29 is 19.0 Å². The monoisotopic (exact) mass is 395 g/mol. The van der Waals surface area contributed by atoms with Gasteiger partial charge in [0.1, 0.15) is 5.75 Å². The third kappa shape index (κ3) is 3.65. The highest BCUT2D eigenvalue weighted by Crippen LogP contribution is 2.54. The molecular weight excluding hydrogens is 366 g/mol. The molecule has 1 heterocycles. The van der Waals surface area contributed by atoms with Crippen molar-refractivity contribution in [3.8, 4) is 5.75 Å². The first-order valence-corrected chi connectivity index (χ1v) is 10.2. The van der Waals surface area contributed by atoms with Crippen LogP contribution in [0.2, 0.25) is 0 Å². The Bertz CT molecular complexity index is 896. The van der Waals surface area contributed by atoms with Crippen molar-refractivity contribution in [2.75, 3.05) is 27.9 Å². The number of ether oxygens (including phenoxy) is 3. The first kappa shape index (κ1) is 19.9. The minimum Gasteiger partial charge on any atom is -0.497 e. The van der Waals surface area contributed by atoms with E-state index in [4.69, 9.17) is 14.2 Å². The van der Waals surface area contributed by atoms with Crippen LogP contribution in [0.1, 0.15) is 46.0 Å². The first-order chi connectivity index (χ1) is 14.1. The minimum atomic E-state index is -0.277. The summed E-state index contributed by atoms with van der Waals surface area (Å²) in [5.41, 5.74) is 4.36. The molecule has 2 aromatic carbocycles. The van der Waals surface area contributed by atoms with Crippen molar-refractivity contribution in [3.63, 3.8) is 0 Å². The van der Waals surface area contributed by atoms with Gasteiger partial charge in [0.2, 0.25) is 0 Å². The van der Waals surface area contributed by atoms with E-state index < -0.39 is 0 Å². The number of nitrogens with one attached hydrogen (secondary N) is 1. The van der Waals surface area contributed by atoms with Gasteiger partial charge in [-0.2, -0.15) is 0 Å². The van der Waals surface area contributed by atoms with Gasteiger partial charge in [-0.15, -0.1) is 0 Å². The normalized spacial score (nSPS) is 25.6. The molecule has 4 rings (SSSR count). The van der Waals surface area contributed by atoms with E-state index in [0.29, 0.717) is 5.56 Å². The van der Waals surface area contributed by atoms with Crippen LogP contribution in [0.3, 0.4) is 0 Å². The molecule has 1 saturated heterocycles. The van der Waals surface area contributed by atoms with Crippen molar-refractivity contribution in [2.24, 2.45) is 5.41 Å². The maximum Gasteiger partial charge on any atom is 0.338 e. The lowest BCUT2D eigenvalue weighted by atomic mass is 9.71. The lowest BCUT2D eigenvalue weighted by molar-refractivity contribution is -0.0290. The second-order valence-corrected chi connectivity index (χ2v) is 8.18. The van der Waals surface area contributed by atoms with Crippen LogP contribution >= 0.6 is 0 Å². The number of carbonyl (C=O) groups is 1. The number of esters is 1. The molecule has 1 fully saturated rings. The van der Waals surface area contributed by atoms with E-state index in [2.05, 4.69) is 17.4 Å². The van der Waals surface area contributed by atoms with Gasteiger partial charge in [0.25, 0.3) is 0 Å². The number of hydrogen-bond donors (Lipinski definition) is 1. The van der Waals surface area contributed by atoms with E-state index in [9.17, 15) is 4.79 Å². The fourth-order valence-corrected chi connectivity index (χ4v) is 5.29. The number of methoxy groups -OCH3 is 3. The SMILES string of the molecule is COC(=O)c1ccccc1C[C@@H]1CC2(CCN1)Cc1ccc(OC)cc1[C@@H]2OC. The van der Waals surface area contributed by atoms with Crippen LogP contribution in [0, 0.1) is 5.41 Å². The molecule has 5 nitrogen and oxygen atoms in total. The van der Waals surface area contributed by atoms with E-state index in [1.165, 1.54) is 18.2 Å². The van der Waals surface area contributed by atoms with Crippen LogP contribution in [0.4, 0.5) is 0 Å². The van der Waals surface area contributed by atoms with Crippen LogP contribution in [0.25, 0.3) is 0 Å². The molecule has 0 aromatic heterocycles. The van der Waals surface area contributed by atoms with E-state index >= 15 is 0 Å². The summed E-state index contributed by atoms with van der Waals surface area (Å²) in [6, 6.07) is 14.4. The van der Waals surface area contributed by atoms with Gasteiger partial charge in [0, 0.05) is 18.6 Å². The molecule has 2 aromatic rings. The Balaban J connectivity index is 1.58. The molecule has 154 valence electrons. The van der Waals surface area contributed by atoms with E-state index in [1.807, 2.05) is 37.4 Å². The minimum absolute atomic E-state index is 0.0630. The molecule has 1 aliphatic heterocycles. The topological polar surface area (TPSA) is 56.8 Å². The van der Waals surface area contributed by atoms with Gasteiger partial charge in [-0.3, -0.25) is 0 Å². The predicted octanol–water partition coefficient (Wildman–Crippen LogP) is 3.71. The fourth-order valence-electron chi connectivity index (χ4n) is 5.29. The number of fused-ring (bicyclic) bond motifs is 1. The van der Waals surface area contributed by atoms with Gasteiger partial charge in [0.15, 0.2) is 0 Å². The number of piperidine rings is 1. The largest absolute Gasteiger partial charge is 0.497 e. The Labute approximate surface area is 172 Å². The highest BCUT2D eigenvalue weighted by Gasteiger charge is 2.49. The zero-order valence-electron chi connectivity index (χ0n) is 17.4. The molecule has 29 heavy (non-hydrogen) atoms. The maximum absolute atomic E-state index is 12.2. The summed E-state index contributed by atoms with van der Waals surface area (Å²) in [7, 11) is 4.94. The summed E-state index contributed by atoms with van der Waals surface area (Å²) in [5.74, 6) is 0.599. The Kier molecular flexibility index (Phi) is 5.61. The van der Waals surface area contributed by atoms with Gasteiger partial charge >= 0.3 is 5.97 Å². The fraction of sp³-hybridized carbons (Fsp3) is 0.458. The second-order valence-electron chi connectivity index (χ2n) is 8.18. The highest BCUT2D eigenvalue weighted by atomic mass is 16.5. The van der Waals surface area contributed by atoms with Crippen LogP contribution in [-0.2, 0) is 22.3 Å². The Hall–Kier alpha value is -2.37. The number of hydrogen-bond acceptors (Lipinski definition) is 5. The summed E-state index contributed by atoms with van der Waals surface area (Å²) < 4.78 is 16.5. The van der Waals surface area contributed by atoms with Gasteiger partial charge in [-0.1, -0.05) is 24.3 Å². The standard InChI is InChI=1S/C24H29NO4/c1-27-19-9-8-17-14-24(22(28-2)21(17)13-19)10-11-25-18(15-24)12-16-6-4-5-7-20(16)23(26)29-3/h4-9,13,18,22,25H,10-12,14-15H2,1-3H3/t18-,22+,24?/m1/s1. The molecule has 1 N–H and O–H groups in total. The molecule has 0 radical (unpaired) electrons. The Morgan fingerprint density at radius 3 is 2.76 bits per heavy atom. The zero-order chi connectivity index (χ0) is 20.4. The first-order valence-electron chi connectivity index (χ1n) is 10.2. The molecule has 1 aliphatic carbocycles. The second kappa shape index (κ2) is 8.17. The molecule has 1 spiro atoms. The molecule has 0 saturated carbocycles. The van der Waals surface area contributed by atoms with Gasteiger partial charge in [0.05, 0.1) is 25.9 Å². The summed E-state index contributed by atoms with van der Waals surface area (Å²) in [6.45, 7) is 0.941. The lowest BCUT2D eigenvalue weighted by Gasteiger charge is -2.42. The van der Waals surface area contributed by atoms with E-state index in [-0.39, 0.29) is 23.5 Å². The van der Waals surface area contributed by atoms with E-state index in [1.54, 1.807) is 7.11 Å². The highest BCUT2D eigenvalue weighted by molar-refractivity contribution is 5.91. The quantitative estimate of drug-likeness (QED) is 0.783. The van der Waals surface area contributed by atoms with Crippen molar-refractivity contribution in [1.29, 1.82) is 0 Å². The van der Waals surface area contributed by atoms with Crippen molar-refractivity contribution in [3.05, 3.63) is 64.7 Å². The van der Waals surface area contributed by atoms with Crippen molar-refractivity contribution >= 4 is 5.97 Å². The summed E-state index contributed by atoms with van der Waals surface area (Å²) >= 11 is 0. The molecule has 0 amide bonds. The number of benzene rings is 2. The summed E-state index contributed by atoms with van der Waals surface area (Å²) in [4.78, 5) is 12.2. The molecular formula is C24H29NO4. The third-order valence-corrected chi connectivity index (χ3v) is 6.57. The average Bonchev–Trinajstić information content (AvgIpc) is 3.04. The van der Waals surface area contributed by atoms with Crippen molar-refractivity contribution in [2.45, 2.75) is 37.8 Å². The summed E-state index contributed by atoms with van der Waals surface area (Å²) in [5, 5.41) is 3.66. The molecule has 5 heteroatoms. The van der Waals surface area contributed by atoms with Crippen LogP contribution in [-0.4, -0.2) is 39.9 Å². The third-order valence-electron chi connectivity index (χ3n) is 6.57. The van der Waals surface area contributed by atoms with Crippen LogP contribution < -0.4 is 10.1 Å². The van der Waals surface area contributed by atoms with Gasteiger partial charge in [-0.25, -0.2) is 4.79 Å². The van der Waals surface area contributed by atoms with Crippen LogP contribution in [0.15, 0.2) is 42.5 Å². The number of rotatable bonds is 5. The molecule has 3 atom stereocenters. The molecule has 0 bridgehead atoms. The smallest absolute Gasteiger partial charge is 0.338 e. The number of carbonyl (C=O) groups excluding carboxylic acids is 1. The van der Waals surface area contributed by atoms with E-state index in [0.717, 1.165) is 43.5 Å². The Morgan fingerprint density at radius 1 is 1.17 bits per heavy atom. The van der Waals surface area contributed by atoms with Crippen molar-refractivity contribution in [1.82, 2.24) is 5.32 Å². The lowest BCUT2D eigenvalue weighted by Crippen LogP contribution is -2.47. The maximum atomic E-state index is 12.2. The molecule has 1 unspecified atom stereocenters. The van der Waals surface area contributed by atoms with Crippen LogP contribution in [0.5, 0.6) is 5.75 Å². The summed E-state index contributed by atoms with van der Waals surface area (Å²) in [6.07, 6.45) is 3.94. The van der Waals surface area contributed by atoms with Gasteiger partial charge < -0.3 is 19.5 Å². The Morgan fingerprint density at radius 2 is 2.00 bits per heavy atom. The molecule has 2 aliphatic rings.